The molecule has 2 heterocycles. The van der Waals surface area contributed by atoms with Gasteiger partial charge in [-0.1, -0.05) is 45.8 Å². The molecular formula is C27H24BrN3O7. The number of nitrogens with zero attached hydrogens (tertiary/aromatic N) is 3. The first-order valence-electron chi connectivity index (χ1n) is 11.4. The molecule has 1 aromatic heterocycles. The number of benzene rings is 2. The summed E-state index contributed by atoms with van der Waals surface area (Å²) in [5.74, 6) is -5.15. The lowest BCUT2D eigenvalue weighted by Gasteiger charge is -2.33. The lowest BCUT2D eigenvalue weighted by molar-refractivity contribution is -0.143. The Labute approximate surface area is 226 Å². The first kappa shape index (κ1) is 26.8. The molecule has 38 heavy (non-hydrogen) atoms. The van der Waals surface area contributed by atoms with Crippen LogP contribution in [0.15, 0.2) is 53.0 Å². The standard InChI is InChI=1S/C27H24BrN3O7/c1-14-6-8-15(9-7-14)21-18(20-23(32)29(2)27(36)30(3)24(20)33)19(25(34)37-4)22(26(35)38-5)31(21)17-12-10-16(28)11-13-17/h6-13,20H,1-5H3. The Morgan fingerprint density at radius 3 is 1.84 bits per heavy atom. The van der Waals surface area contributed by atoms with E-state index in [1.54, 1.807) is 36.4 Å². The van der Waals surface area contributed by atoms with E-state index in [1.165, 1.54) is 18.7 Å². The van der Waals surface area contributed by atoms with Gasteiger partial charge < -0.3 is 14.0 Å². The highest BCUT2D eigenvalue weighted by atomic mass is 79.9. The molecule has 1 fully saturated rings. The van der Waals surface area contributed by atoms with Gasteiger partial charge in [-0.15, -0.1) is 0 Å². The van der Waals surface area contributed by atoms with E-state index in [0.717, 1.165) is 34.1 Å². The van der Waals surface area contributed by atoms with Gasteiger partial charge in [0.1, 0.15) is 11.6 Å². The average molecular weight is 582 g/mol. The SMILES string of the molecule is COC(=O)c1c(C2C(=O)N(C)C(=O)N(C)C2=O)c(-c2ccc(C)cc2)n(-c2ccc(Br)cc2)c1C(=O)OC. The van der Waals surface area contributed by atoms with E-state index < -0.39 is 35.7 Å². The second-order valence-electron chi connectivity index (χ2n) is 8.66. The van der Waals surface area contributed by atoms with Crippen molar-refractivity contribution in [1.29, 1.82) is 0 Å². The molecule has 1 aliphatic rings. The number of rotatable bonds is 5. The molecule has 1 saturated heterocycles. The Bertz CT molecular complexity index is 1450. The van der Waals surface area contributed by atoms with Crippen LogP contribution in [0.2, 0.25) is 0 Å². The molecule has 0 atom stereocenters. The van der Waals surface area contributed by atoms with E-state index in [4.69, 9.17) is 9.47 Å². The number of urea groups is 1. The summed E-state index contributed by atoms with van der Waals surface area (Å²) in [5.41, 5.74) is 1.54. The molecule has 0 bridgehead atoms. The lowest BCUT2D eigenvalue weighted by Crippen LogP contribution is -2.56. The highest BCUT2D eigenvalue weighted by Gasteiger charge is 2.49. The van der Waals surface area contributed by atoms with Crippen LogP contribution in [-0.4, -0.2) is 72.5 Å². The zero-order valence-electron chi connectivity index (χ0n) is 21.3. The molecule has 4 amide bonds. The largest absolute Gasteiger partial charge is 0.465 e. The van der Waals surface area contributed by atoms with E-state index in [9.17, 15) is 24.0 Å². The van der Waals surface area contributed by atoms with Crippen molar-refractivity contribution in [2.75, 3.05) is 28.3 Å². The number of aryl methyl sites for hydroxylation is 1. The van der Waals surface area contributed by atoms with Crippen molar-refractivity contribution in [2.45, 2.75) is 12.8 Å². The highest BCUT2D eigenvalue weighted by molar-refractivity contribution is 9.10. The number of imide groups is 2. The van der Waals surface area contributed by atoms with Crippen molar-refractivity contribution in [3.8, 4) is 16.9 Å². The molecule has 3 aromatic rings. The lowest BCUT2D eigenvalue weighted by atomic mass is 9.88. The third kappa shape index (κ3) is 4.28. The van der Waals surface area contributed by atoms with Crippen molar-refractivity contribution < 1.29 is 33.4 Å². The molecule has 11 heteroatoms. The molecule has 0 aliphatic carbocycles. The second-order valence-corrected chi connectivity index (χ2v) is 9.57. The topological polar surface area (TPSA) is 115 Å². The van der Waals surface area contributed by atoms with Crippen LogP contribution < -0.4 is 0 Å². The molecule has 0 saturated carbocycles. The minimum atomic E-state index is -1.62. The molecule has 0 spiro atoms. The summed E-state index contributed by atoms with van der Waals surface area (Å²) in [6, 6.07) is 13.2. The normalized spacial score (nSPS) is 14.2. The minimum absolute atomic E-state index is 0.0646. The average Bonchev–Trinajstić information content (AvgIpc) is 3.26. The number of esters is 2. The first-order valence-corrected chi connectivity index (χ1v) is 12.2. The Kier molecular flexibility index (Phi) is 7.23. The summed E-state index contributed by atoms with van der Waals surface area (Å²) < 4.78 is 12.3. The van der Waals surface area contributed by atoms with Gasteiger partial charge in [0.05, 0.1) is 25.5 Å². The van der Waals surface area contributed by atoms with E-state index in [0.29, 0.717) is 11.3 Å². The number of aromatic nitrogens is 1. The van der Waals surface area contributed by atoms with Gasteiger partial charge in [0.25, 0.3) is 0 Å². The Balaban J connectivity index is 2.24. The van der Waals surface area contributed by atoms with Gasteiger partial charge in [-0.05, 0) is 36.8 Å². The van der Waals surface area contributed by atoms with Gasteiger partial charge in [0.2, 0.25) is 11.8 Å². The second kappa shape index (κ2) is 10.3. The number of hydrogen-bond donors (Lipinski definition) is 0. The van der Waals surface area contributed by atoms with Gasteiger partial charge in [0, 0.05) is 29.8 Å². The summed E-state index contributed by atoms with van der Waals surface area (Å²) in [4.78, 5) is 67.7. The van der Waals surface area contributed by atoms with Crippen LogP contribution in [0.3, 0.4) is 0 Å². The number of barbiturate groups is 1. The highest BCUT2D eigenvalue weighted by Crippen LogP contribution is 2.42. The monoisotopic (exact) mass is 581 g/mol. The molecule has 0 N–H and O–H groups in total. The third-order valence-electron chi connectivity index (χ3n) is 6.40. The van der Waals surface area contributed by atoms with Gasteiger partial charge in [-0.25, -0.2) is 14.4 Å². The zero-order valence-corrected chi connectivity index (χ0v) is 22.9. The van der Waals surface area contributed by atoms with Crippen LogP contribution >= 0.6 is 15.9 Å². The molecule has 0 unspecified atom stereocenters. The van der Waals surface area contributed by atoms with Crippen LogP contribution in [-0.2, 0) is 19.1 Å². The molecule has 196 valence electrons. The fourth-order valence-corrected chi connectivity index (χ4v) is 4.73. The van der Waals surface area contributed by atoms with Gasteiger partial charge in [0.15, 0.2) is 0 Å². The summed E-state index contributed by atoms with van der Waals surface area (Å²) in [5, 5.41) is 0. The van der Waals surface area contributed by atoms with Crippen LogP contribution in [0.1, 0.15) is 37.9 Å². The number of halogens is 1. The maximum absolute atomic E-state index is 13.5. The zero-order chi connectivity index (χ0) is 27.9. The van der Waals surface area contributed by atoms with Gasteiger partial charge in [-0.2, -0.15) is 0 Å². The summed E-state index contributed by atoms with van der Waals surface area (Å²) in [7, 11) is 4.78. The molecular weight excluding hydrogens is 558 g/mol. The number of carbonyl (C=O) groups is 5. The van der Waals surface area contributed by atoms with Crippen LogP contribution in [0, 0.1) is 6.92 Å². The molecule has 1 aliphatic heterocycles. The number of carbonyl (C=O) groups excluding carboxylic acids is 5. The number of methoxy groups -OCH3 is 2. The number of likely N-dealkylation sites (N-methyl/N-ethyl adjacent to an activating group) is 2. The van der Waals surface area contributed by atoms with Gasteiger partial charge >= 0.3 is 18.0 Å². The van der Waals surface area contributed by atoms with Crippen molar-refractivity contribution in [2.24, 2.45) is 0 Å². The maximum atomic E-state index is 13.5. The van der Waals surface area contributed by atoms with Crippen molar-refractivity contribution in [1.82, 2.24) is 14.4 Å². The van der Waals surface area contributed by atoms with E-state index in [1.807, 2.05) is 19.1 Å². The predicted octanol–water partition coefficient (Wildman–Crippen LogP) is 3.92. The first-order chi connectivity index (χ1) is 18.0. The summed E-state index contributed by atoms with van der Waals surface area (Å²) in [6.45, 7) is 1.89. The maximum Gasteiger partial charge on any atom is 0.355 e. The minimum Gasteiger partial charge on any atom is -0.465 e. The van der Waals surface area contributed by atoms with E-state index in [2.05, 4.69) is 15.9 Å². The van der Waals surface area contributed by atoms with E-state index >= 15 is 0 Å². The third-order valence-corrected chi connectivity index (χ3v) is 6.93. The van der Waals surface area contributed by atoms with Crippen LogP contribution in [0.25, 0.3) is 16.9 Å². The Morgan fingerprint density at radius 1 is 0.816 bits per heavy atom. The fourth-order valence-electron chi connectivity index (χ4n) is 4.47. The molecule has 0 radical (unpaired) electrons. The predicted molar refractivity (Wildman–Crippen MR) is 140 cm³/mol. The number of amides is 4. The Hall–Kier alpha value is -4.25. The van der Waals surface area contributed by atoms with Gasteiger partial charge in [-0.3, -0.25) is 19.4 Å². The van der Waals surface area contributed by atoms with Crippen molar-refractivity contribution in [3.05, 3.63) is 75.4 Å². The molecule has 10 nitrogen and oxygen atoms in total. The Morgan fingerprint density at radius 2 is 1.34 bits per heavy atom. The smallest absolute Gasteiger partial charge is 0.355 e. The summed E-state index contributed by atoms with van der Waals surface area (Å²) >= 11 is 3.39. The fraction of sp³-hybridized carbons (Fsp3) is 0.222. The quantitative estimate of drug-likeness (QED) is 0.331. The summed E-state index contributed by atoms with van der Waals surface area (Å²) in [6.07, 6.45) is 0. The van der Waals surface area contributed by atoms with Crippen LogP contribution in [0.4, 0.5) is 4.79 Å². The molecule has 2 aromatic carbocycles. The number of hydrogen-bond acceptors (Lipinski definition) is 7. The molecule has 4 rings (SSSR count). The van der Waals surface area contributed by atoms with E-state index in [-0.39, 0.29) is 22.5 Å². The number of ether oxygens (including phenoxy) is 2. The van der Waals surface area contributed by atoms with Crippen molar-refractivity contribution >= 4 is 45.7 Å². The van der Waals surface area contributed by atoms with Crippen LogP contribution in [0.5, 0.6) is 0 Å². The van der Waals surface area contributed by atoms with Crippen molar-refractivity contribution in [3.63, 3.8) is 0 Å².